The van der Waals surface area contributed by atoms with Gasteiger partial charge in [0.2, 0.25) is 0 Å². The van der Waals surface area contributed by atoms with E-state index in [2.05, 4.69) is 0 Å². The van der Waals surface area contributed by atoms with Crippen LogP contribution in [0.15, 0.2) is 0 Å². The van der Waals surface area contributed by atoms with Gasteiger partial charge in [0, 0.05) is 19.8 Å². The lowest BCUT2D eigenvalue weighted by atomic mass is 10.9. The molecular weight excluding hydrogens is 447 g/mol. The van der Waals surface area contributed by atoms with E-state index in [4.69, 9.17) is 35.7 Å². The SMILES string of the molecule is CCOCP1(=O)[O][Al]([O]P(=O)(COCC)[O][Al]2[O]P(=O)(COCC)[O]2)[O]1. The third-order valence-corrected chi connectivity index (χ3v) is 16.2. The molecule has 26 heavy (non-hydrogen) atoms. The predicted molar refractivity (Wildman–Crippen MR) is 90.3 cm³/mol. The van der Waals surface area contributed by atoms with Crippen molar-refractivity contribution < 1.29 is 49.4 Å². The highest BCUT2D eigenvalue weighted by Gasteiger charge is 2.62. The van der Waals surface area contributed by atoms with E-state index in [0.717, 1.165) is 0 Å². The maximum atomic E-state index is 12.8. The smallest absolute Gasteiger partial charge is 0.384 e. The molecule has 0 unspecified atom stereocenters. The van der Waals surface area contributed by atoms with Crippen molar-refractivity contribution in [2.75, 3.05) is 38.9 Å². The molecule has 2 saturated heterocycles. The van der Waals surface area contributed by atoms with Crippen LogP contribution in [0.1, 0.15) is 20.8 Å². The van der Waals surface area contributed by atoms with Crippen LogP contribution in [0, 0.1) is 0 Å². The molecule has 0 spiro atoms. The molecule has 0 atom stereocenters. The highest BCUT2D eigenvalue weighted by Crippen LogP contribution is 2.65. The predicted octanol–water partition coefficient (Wildman–Crippen LogP) is 2.64. The van der Waals surface area contributed by atoms with E-state index in [1.165, 1.54) is 0 Å². The molecule has 0 aliphatic carbocycles. The van der Waals surface area contributed by atoms with Crippen LogP contribution in [0.2, 0.25) is 0 Å². The number of rotatable bonds is 13. The van der Waals surface area contributed by atoms with Gasteiger partial charge in [0.1, 0.15) is 19.0 Å². The molecule has 17 heteroatoms. The molecule has 0 bridgehead atoms. The molecule has 0 saturated carbocycles. The summed E-state index contributed by atoms with van der Waals surface area (Å²) in [6.07, 6.45) is -0.824. The first-order chi connectivity index (χ1) is 12.3. The minimum atomic E-state index is -3.87. The Hall–Kier alpha value is 1.39. The highest BCUT2D eigenvalue weighted by atomic mass is 31.2. The normalized spacial score (nSPS) is 21.3. The molecule has 150 valence electrons. The quantitative estimate of drug-likeness (QED) is 0.291. The van der Waals surface area contributed by atoms with Gasteiger partial charge < -0.3 is 35.7 Å². The summed E-state index contributed by atoms with van der Waals surface area (Å²) in [5.74, 6) is 0. The lowest BCUT2D eigenvalue weighted by Gasteiger charge is -2.36. The monoisotopic (exact) mass is 468 g/mol. The Morgan fingerprint density at radius 3 is 1.50 bits per heavy atom. The van der Waals surface area contributed by atoms with Gasteiger partial charge in [-0.25, -0.2) is 0 Å². The minimum Gasteiger partial charge on any atom is -0.384 e. The Morgan fingerprint density at radius 1 is 0.769 bits per heavy atom. The van der Waals surface area contributed by atoms with Crippen molar-refractivity contribution in [2.45, 2.75) is 20.8 Å². The Morgan fingerprint density at radius 2 is 1.15 bits per heavy atom. The van der Waals surface area contributed by atoms with Crippen LogP contribution in [0.4, 0.5) is 0 Å². The van der Waals surface area contributed by atoms with Crippen molar-refractivity contribution in [1.82, 2.24) is 0 Å². The van der Waals surface area contributed by atoms with Gasteiger partial charge in [0.25, 0.3) is 0 Å². The second kappa shape index (κ2) is 10.4. The van der Waals surface area contributed by atoms with E-state index in [9.17, 15) is 13.7 Å². The number of hydrogen-bond acceptors (Lipinski definition) is 12. The standard InChI is InChI=1S/3C3H9O4P.2Al/c3*1-2-7-3-8(4,5)6;;/h3*2-3H2,1H3,(H2,4,5,6);;/q;;;2*+3/p-6. The van der Waals surface area contributed by atoms with Crippen molar-refractivity contribution in [3.63, 3.8) is 0 Å². The lowest BCUT2D eigenvalue weighted by molar-refractivity contribution is 0.115. The molecular formula is C9H21Al2O12P3. The van der Waals surface area contributed by atoms with E-state index >= 15 is 0 Å². The van der Waals surface area contributed by atoms with Gasteiger partial charge in [-0.1, -0.05) is 0 Å². The molecule has 0 amide bonds. The third kappa shape index (κ3) is 7.02. The molecule has 0 aromatic rings. The average Bonchev–Trinajstić information content (AvgIpc) is 2.53. The van der Waals surface area contributed by atoms with Gasteiger partial charge in [-0.05, 0) is 20.8 Å². The molecule has 0 N–H and O–H groups in total. The van der Waals surface area contributed by atoms with E-state index in [-0.39, 0.29) is 19.3 Å². The van der Waals surface area contributed by atoms with Crippen LogP contribution >= 0.6 is 22.8 Å². The Labute approximate surface area is 162 Å². The van der Waals surface area contributed by atoms with Crippen molar-refractivity contribution in [2.24, 2.45) is 0 Å². The van der Waals surface area contributed by atoms with Crippen LogP contribution in [0.5, 0.6) is 0 Å². The lowest BCUT2D eigenvalue weighted by Crippen LogP contribution is -2.39. The maximum Gasteiger partial charge on any atom is 0.926 e. The highest BCUT2D eigenvalue weighted by molar-refractivity contribution is 7.62. The first-order valence-electron chi connectivity index (χ1n) is 7.86. The summed E-state index contributed by atoms with van der Waals surface area (Å²) in [6, 6.07) is 0. The van der Waals surface area contributed by atoms with E-state index in [1.807, 2.05) is 0 Å². The summed E-state index contributed by atoms with van der Waals surface area (Å²) in [7, 11) is -10.6. The molecule has 2 fully saturated rings. The van der Waals surface area contributed by atoms with Crippen LogP contribution in [-0.4, -0.2) is 69.2 Å². The fourth-order valence-corrected chi connectivity index (χ4v) is 13.4. The van der Waals surface area contributed by atoms with Crippen LogP contribution in [0.25, 0.3) is 0 Å². The number of hydrogen-bond donors (Lipinski definition) is 0. The van der Waals surface area contributed by atoms with Crippen molar-refractivity contribution >= 4 is 53.1 Å². The summed E-state index contributed by atoms with van der Waals surface area (Å²) in [6.45, 7) is 6.10. The molecule has 2 rings (SSSR count). The fraction of sp³-hybridized carbons (Fsp3) is 1.00. The summed E-state index contributed by atoms with van der Waals surface area (Å²) in [4.78, 5) is 0. The summed E-state index contributed by atoms with van der Waals surface area (Å²) in [5.41, 5.74) is 0. The topological polar surface area (TPSA) is 134 Å². The van der Waals surface area contributed by atoms with E-state index in [0.29, 0.717) is 13.2 Å². The van der Waals surface area contributed by atoms with Gasteiger partial charge in [0.15, 0.2) is 0 Å². The van der Waals surface area contributed by atoms with Crippen molar-refractivity contribution in [3.05, 3.63) is 0 Å². The molecule has 0 aromatic carbocycles. The van der Waals surface area contributed by atoms with Crippen molar-refractivity contribution in [1.29, 1.82) is 0 Å². The van der Waals surface area contributed by atoms with Gasteiger partial charge in [-0.3, -0.25) is 13.7 Å². The molecule has 12 nitrogen and oxygen atoms in total. The van der Waals surface area contributed by atoms with Crippen molar-refractivity contribution in [3.8, 4) is 0 Å². The third-order valence-electron chi connectivity index (χ3n) is 2.84. The fourth-order valence-electron chi connectivity index (χ4n) is 1.70. The second-order valence-corrected chi connectivity index (χ2v) is 15.6. The Kier molecular flexibility index (Phi) is 9.50. The largest absolute Gasteiger partial charge is 0.926 e. The second-order valence-electron chi connectivity index (χ2n) is 4.91. The molecule has 2 aliphatic rings. The maximum absolute atomic E-state index is 12.8. The summed E-state index contributed by atoms with van der Waals surface area (Å²) >= 11 is -5.85. The summed E-state index contributed by atoms with van der Waals surface area (Å²) < 4.78 is 82.6. The van der Waals surface area contributed by atoms with Gasteiger partial charge in [-0.15, -0.1) is 0 Å². The van der Waals surface area contributed by atoms with Gasteiger partial charge in [0.05, 0.1) is 0 Å². The zero-order valence-corrected chi connectivity index (χ0v) is 19.6. The van der Waals surface area contributed by atoms with E-state index in [1.54, 1.807) is 20.8 Å². The molecule has 0 radical (unpaired) electrons. The van der Waals surface area contributed by atoms with Gasteiger partial charge in [-0.2, -0.15) is 0 Å². The number of ether oxygens (including phenoxy) is 3. The molecule has 2 heterocycles. The zero-order chi connectivity index (χ0) is 19.3. The minimum absolute atomic E-state index is 0.211. The van der Waals surface area contributed by atoms with Crippen LogP contribution < -0.4 is 0 Å². The molecule has 0 aromatic heterocycles. The average molecular weight is 468 g/mol. The Balaban J connectivity index is 1.84. The Bertz CT molecular complexity index is 540. The first-order valence-corrected chi connectivity index (χ1v) is 15.9. The van der Waals surface area contributed by atoms with Crippen LogP contribution in [0.3, 0.4) is 0 Å². The summed E-state index contributed by atoms with van der Waals surface area (Å²) in [5, 5.41) is 0. The van der Waals surface area contributed by atoms with Crippen LogP contribution in [-0.2, 0) is 49.4 Å². The van der Waals surface area contributed by atoms with E-state index < -0.39 is 59.4 Å². The zero-order valence-electron chi connectivity index (χ0n) is 14.6. The first kappa shape index (κ1) is 23.7. The van der Waals surface area contributed by atoms with Gasteiger partial charge >= 0.3 is 53.1 Å². The molecule has 2 aliphatic heterocycles.